The molecule has 2 aromatic heterocycles. The van der Waals surface area contributed by atoms with Crippen molar-refractivity contribution >= 4 is 22.9 Å². The average molecular weight is 412 g/mol. The van der Waals surface area contributed by atoms with Crippen molar-refractivity contribution in [3.05, 3.63) is 23.8 Å². The molecule has 0 saturated heterocycles. The number of methoxy groups -OCH3 is 1. The molecule has 1 aliphatic carbocycles. The Balaban J connectivity index is 1.60. The van der Waals surface area contributed by atoms with Gasteiger partial charge in [0.05, 0.1) is 7.11 Å². The average Bonchev–Trinajstić information content (AvgIpc) is 3.17. The normalized spacial score (nSPS) is 19.0. The van der Waals surface area contributed by atoms with Gasteiger partial charge in [-0.15, -0.1) is 5.10 Å². The van der Waals surface area contributed by atoms with Crippen molar-refractivity contribution in [2.45, 2.75) is 57.8 Å². The molecule has 1 fully saturated rings. The standard InChI is InChI=1S/C20H28N8O2/c1-3-28-19-16(26-27-28)18(22-11-12-5-4-6-15(30-2)17(12)29)24-20(25-19)23-14-9-7-13(21)8-10-14/h4-6,13-14,29H,3,7-11,21H2,1-2H3,(H2,22,23,24,25). The Bertz CT molecular complexity index is 1010. The summed E-state index contributed by atoms with van der Waals surface area (Å²) in [5.41, 5.74) is 7.98. The monoisotopic (exact) mass is 412 g/mol. The molecule has 160 valence electrons. The van der Waals surface area contributed by atoms with Crippen LogP contribution in [-0.4, -0.2) is 49.3 Å². The molecule has 30 heavy (non-hydrogen) atoms. The van der Waals surface area contributed by atoms with Crippen LogP contribution in [0.2, 0.25) is 0 Å². The number of nitrogens with zero attached hydrogens (tertiary/aromatic N) is 5. The Hall–Kier alpha value is -3.14. The summed E-state index contributed by atoms with van der Waals surface area (Å²) >= 11 is 0. The summed E-state index contributed by atoms with van der Waals surface area (Å²) in [5.74, 6) is 1.64. The smallest absolute Gasteiger partial charge is 0.227 e. The number of fused-ring (bicyclic) bond motifs is 1. The Morgan fingerprint density at radius 3 is 2.77 bits per heavy atom. The van der Waals surface area contributed by atoms with Crippen molar-refractivity contribution in [1.82, 2.24) is 25.0 Å². The first-order chi connectivity index (χ1) is 14.6. The van der Waals surface area contributed by atoms with Gasteiger partial charge in [0.1, 0.15) is 0 Å². The number of rotatable bonds is 7. The summed E-state index contributed by atoms with van der Waals surface area (Å²) < 4.78 is 6.93. The van der Waals surface area contributed by atoms with Crippen molar-refractivity contribution in [3.63, 3.8) is 0 Å². The highest BCUT2D eigenvalue weighted by Crippen LogP contribution is 2.30. The summed E-state index contributed by atoms with van der Waals surface area (Å²) in [5, 5.41) is 25.5. The number of ether oxygens (including phenoxy) is 1. The highest BCUT2D eigenvalue weighted by atomic mass is 16.5. The summed E-state index contributed by atoms with van der Waals surface area (Å²) in [6.07, 6.45) is 3.98. The lowest BCUT2D eigenvalue weighted by atomic mass is 9.92. The topological polar surface area (TPSA) is 136 Å². The maximum absolute atomic E-state index is 10.4. The summed E-state index contributed by atoms with van der Waals surface area (Å²) in [4.78, 5) is 9.31. The fourth-order valence-corrected chi connectivity index (χ4v) is 3.76. The van der Waals surface area contributed by atoms with E-state index in [2.05, 4.69) is 30.9 Å². The highest BCUT2D eigenvalue weighted by molar-refractivity contribution is 5.83. The third kappa shape index (κ3) is 4.09. The molecule has 3 aromatic rings. The number of aromatic nitrogens is 5. The van der Waals surface area contributed by atoms with Gasteiger partial charge in [0.2, 0.25) is 5.95 Å². The SMILES string of the molecule is CCn1nnc2c(NCc3cccc(OC)c3O)nc(NC3CCC(N)CC3)nc21. The lowest BCUT2D eigenvalue weighted by Gasteiger charge is -2.26. The van der Waals surface area contributed by atoms with Gasteiger partial charge in [0.15, 0.2) is 28.5 Å². The molecule has 1 aliphatic rings. The second-order valence-electron chi connectivity index (χ2n) is 7.55. The van der Waals surface area contributed by atoms with E-state index in [4.69, 9.17) is 10.5 Å². The Kier molecular flexibility index (Phi) is 5.84. The minimum atomic E-state index is 0.104. The number of hydrogen-bond acceptors (Lipinski definition) is 9. The van der Waals surface area contributed by atoms with E-state index in [0.29, 0.717) is 53.4 Å². The molecular weight excluding hydrogens is 384 g/mol. The number of aryl methyl sites for hydroxylation is 1. The van der Waals surface area contributed by atoms with E-state index < -0.39 is 0 Å². The Morgan fingerprint density at radius 2 is 2.03 bits per heavy atom. The van der Waals surface area contributed by atoms with Crippen molar-refractivity contribution < 1.29 is 9.84 Å². The van der Waals surface area contributed by atoms with Gasteiger partial charge in [-0.1, -0.05) is 17.3 Å². The van der Waals surface area contributed by atoms with E-state index in [1.807, 2.05) is 19.1 Å². The van der Waals surface area contributed by atoms with Gasteiger partial charge in [-0.25, -0.2) is 4.68 Å². The molecule has 0 spiro atoms. The van der Waals surface area contributed by atoms with E-state index in [1.54, 1.807) is 10.7 Å². The number of phenols is 1. The number of phenolic OH excluding ortho intramolecular Hbond substituents is 1. The maximum Gasteiger partial charge on any atom is 0.227 e. The van der Waals surface area contributed by atoms with Crippen LogP contribution < -0.4 is 21.1 Å². The first kappa shape index (κ1) is 20.1. The Morgan fingerprint density at radius 1 is 1.23 bits per heavy atom. The molecule has 0 amide bonds. The molecule has 0 radical (unpaired) electrons. The molecule has 2 heterocycles. The zero-order valence-electron chi connectivity index (χ0n) is 17.3. The zero-order valence-corrected chi connectivity index (χ0v) is 17.3. The number of aromatic hydroxyl groups is 1. The second-order valence-corrected chi connectivity index (χ2v) is 7.55. The third-order valence-corrected chi connectivity index (χ3v) is 5.52. The lowest BCUT2D eigenvalue weighted by Crippen LogP contribution is -2.33. The van der Waals surface area contributed by atoms with Crippen molar-refractivity contribution in [2.75, 3.05) is 17.7 Å². The molecule has 10 heteroatoms. The van der Waals surface area contributed by atoms with Crippen LogP contribution in [0.3, 0.4) is 0 Å². The van der Waals surface area contributed by atoms with Crippen molar-refractivity contribution in [2.24, 2.45) is 5.73 Å². The Labute approximate surface area is 174 Å². The zero-order chi connectivity index (χ0) is 21.1. The molecular formula is C20H28N8O2. The summed E-state index contributed by atoms with van der Waals surface area (Å²) in [6, 6.07) is 5.95. The molecule has 10 nitrogen and oxygen atoms in total. The van der Waals surface area contributed by atoms with Crippen LogP contribution in [0.25, 0.3) is 11.2 Å². The van der Waals surface area contributed by atoms with Gasteiger partial charge in [0, 0.05) is 30.7 Å². The number of para-hydroxylation sites is 1. The van der Waals surface area contributed by atoms with Crippen LogP contribution in [0.4, 0.5) is 11.8 Å². The number of nitrogens with two attached hydrogens (primary N) is 1. The van der Waals surface area contributed by atoms with Crippen LogP contribution in [0, 0.1) is 0 Å². The van der Waals surface area contributed by atoms with Crippen LogP contribution in [0.1, 0.15) is 38.2 Å². The number of benzene rings is 1. The summed E-state index contributed by atoms with van der Waals surface area (Å²) in [7, 11) is 1.53. The largest absolute Gasteiger partial charge is 0.504 e. The quantitative estimate of drug-likeness (QED) is 0.460. The number of hydrogen-bond donors (Lipinski definition) is 4. The van der Waals surface area contributed by atoms with Gasteiger partial charge in [-0.05, 0) is 38.7 Å². The van der Waals surface area contributed by atoms with Gasteiger partial charge in [0.25, 0.3) is 0 Å². The van der Waals surface area contributed by atoms with E-state index >= 15 is 0 Å². The maximum atomic E-state index is 10.4. The molecule has 0 bridgehead atoms. The molecule has 0 atom stereocenters. The van der Waals surface area contributed by atoms with E-state index in [-0.39, 0.29) is 11.8 Å². The van der Waals surface area contributed by atoms with Gasteiger partial charge in [-0.2, -0.15) is 9.97 Å². The third-order valence-electron chi connectivity index (χ3n) is 5.52. The van der Waals surface area contributed by atoms with E-state index in [9.17, 15) is 5.11 Å². The lowest BCUT2D eigenvalue weighted by molar-refractivity contribution is 0.371. The predicted octanol–water partition coefficient (Wildman–Crippen LogP) is 2.25. The van der Waals surface area contributed by atoms with Crippen LogP contribution in [-0.2, 0) is 13.1 Å². The van der Waals surface area contributed by atoms with Crippen LogP contribution in [0.15, 0.2) is 18.2 Å². The molecule has 0 aliphatic heterocycles. The van der Waals surface area contributed by atoms with Crippen LogP contribution >= 0.6 is 0 Å². The van der Waals surface area contributed by atoms with Gasteiger partial charge < -0.3 is 26.2 Å². The molecule has 5 N–H and O–H groups in total. The summed E-state index contributed by atoms with van der Waals surface area (Å²) in [6.45, 7) is 3.00. The fraction of sp³-hybridized carbons (Fsp3) is 0.500. The second kappa shape index (κ2) is 8.70. The van der Waals surface area contributed by atoms with Gasteiger partial charge >= 0.3 is 0 Å². The van der Waals surface area contributed by atoms with Crippen molar-refractivity contribution in [3.8, 4) is 11.5 Å². The molecule has 0 unspecified atom stereocenters. The highest BCUT2D eigenvalue weighted by Gasteiger charge is 2.21. The number of anilines is 2. The predicted molar refractivity (Wildman–Crippen MR) is 115 cm³/mol. The van der Waals surface area contributed by atoms with Gasteiger partial charge in [-0.3, -0.25) is 0 Å². The fourth-order valence-electron chi connectivity index (χ4n) is 3.76. The molecule has 1 aromatic carbocycles. The van der Waals surface area contributed by atoms with Crippen molar-refractivity contribution in [1.29, 1.82) is 0 Å². The van der Waals surface area contributed by atoms with E-state index in [1.165, 1.54) is 7.11 Å². The van der Waals surface area contributed by atoms with Crippen LogP contribution in [0.5, 0.6) is 11.5 Å². The van der Waals surface area contributed by atoms with E-state index in [0.717, 1.165) is 25.7 Å². The minimum absolute atomic E-state index is 0.104. The first-order valence-electron chi connectivity index (χ1n) is 10.3. The first-order valence-corrected chi connectivity index (χ1v) is 10.3. The molecule has 1 saturated carbocycles. The minimum Gasteiger partial charge on any atom is -0.504 e. The molecule has 4 rings (SSSR count). The number of nitrogens with one attached hydrogen (secondary N) is 2.